The zero-order valence-corrected chi connectivity index (χ0v) is 9.08. The molecule has 0 spiro atoms. The fourth-order valence-electron chi connectivity index (χ4n) is 1.73. The van der Waals surface area contributed by atoms with Crippen LogP contribution in [0.15, 0.2) is 0 Å². The Morgan fingerprint density at radius 3 is 2.73 bits per heavy atom. The second kappa shape index (κ2) is 4.91. The highest BCUT2D eigenvalue weighted by Gasteiger charge is 2.31. The minimum atomic E-state index is -0.411. The Balaban J connectivity index is 2.69. The van der Waals surface area contributed by atoms with Gasteiger partial charge in [0, 0.05) is 13.1 Å². The maximum Gasteiger partial charge on any atom is 0.242 e. The van der Waals surface area contributed by atoms with Crippen LogP contribution in [0, 0.1) is 0 Å². The van der Waals surface area contributed by atoms with Crippen LogP contribution in [-0.2, 0) is 14.4 Å². The average Bonchev–Trinajstić information content (AvgIpc) is 2.16. The van der Waals surface area contributed by atoms with Crippen molar-refractivity contribution in [3.05, 3.63) is 0 Å². The topological polar surface area (TPSA) is 66.5 Å². The van der Waals surface area contributed by atoms with Crippen molar-refractivity contribution in [2.45, 2.75) is 32.7 Å². The standard InChI is InChI=1S/C10H16N2O3/c1-3-8-10(15)11-4-5-12(8)9(14)6-7(2)13/h8H,3-6H2,1-2H3,(H,11,15). The highest BCUT2D eigenvalue weighted by Crippen LogP contribution is 2.10. The van der Waals surface area contributed by atoms with Crippen LogP contribution in [0.5, 0.6) is 0 Å². The van der Waals surface area contributed by atoms with Crippen molar-refractivity contribution in [1.29, 1.82) is 0 Å². The van der Waals surface area contributed by atoms with Gasteiger partial charge in [-0.25, -0.2) is 0 Å². The van der Waals surface area contributed by atoms with E-state index in [1.54, 1.807) is 0 Å². The third-order valence-corrected chi connectivity index (χ3v) is 2.44. The van der Waals surface area contributed by atoms with E-state index in [2.05, 4.69) is 5.32 Å². The molecule has 1 saturated heterocycles. The van der Waals surface area contributed by atoms with E-state index in [1.165, 1.54) is 11.8 Å². The SMILES string of the molecule is CCC1C(=O)NCCN1C(=O)CC(C)=O. The molecule has 1 heterocycles. The molecule has 15 heavy (non-hydrogen) atoms. The van der Waals surface area contributed by atoms with Gasteiger partial charge in [-0.15, -0.1) is 0 Å². The minimum Gasteiger partial charge on any atom is -0.353 e. The van der Waals surface area contributed by atoms with Crippen molar-refractivity contribution in [2.75, 3.05) is 13.1 Å². The van der Waals surface area contributed by atoms with Crippen molar-refractivity contribution in [3.63, 3.8) is 0 Å². The van der Waals surface area contributed by atoms with Gasteiger partial charge in [-0.1, -0.05) is 6.92 Å². The first-order valence-electron chi connectivity index (χ1n) is 5.13. The molecule has 5 nitrogen and oxygen atoms in total. The van der Waals surface area contributed by atoms with Crippen LogP contribution in [0.4, 0.5) is 0 Å². The molecule has 0 aromatic carbocycles. The van der Waals surface area contributed by atoms with E-state index < -0.39 is 6.04 Å². The van der Waals surface area contributed by atoms with Gasteiger partial charge in [0.2, 0.25) is 11.8 Å². The van der Waals surface area contributed by atoms with Crippen LogP contribution in [0.25, 0.3) is 0 Å². The summed E-state index contributed by atoms with van der Waals surface area (Å²) < 4.78 is 0. The van der Waals surface area contributed by atoms with Crippen molar-refractivity contribution in [1.82, 2.24) is 10.2 Å². The number of Topliss-reactive ketones (excluding diaryl/α,β-unsaturated/α-hetero) is 1. The molecule has 1 atom stereocenters. The smallest absolute Gasteiger partial charge is 0.242 e. The van der Waals surface area contributed by atoms with E-state index in [9.17, 15) is 14.4 Å². The Hall–Kier alpha value is -1.39. The van der Waals surface area contributed by atoms with E-state index in [-0.39, 0.29) is 24.0 Å². The van der Waals surface area contributed by atoms with Gasteiger partial charge in [0.15, 0.2) is 0 Å². The van der Waals surface area contributed by atoms with Gasteiger partial charge in [-0.05, 0) is 13.3 Å². The van der Waals surface area contributed by atoms with E-state index in [4.69, 9.17) is 0 Å². The van der Waals surface area contributed by atoms with E-state index >= 15 is 0 Å². The first-order chi connectivity index (χ1) is 7.06. The van der Waals surface area contributed by atoms with Crippen LogP contribution < -0.4 is 5.32 Å². The molecule has 0 aliphatic carbocycles. The summed E-state index contributed by atoms with van der Waals surface area (Å²) >= 11 is 0. The molecule has 0 aromatic heterocycles. The quantitative estimate of drug-likeness (QED) is 0.653. The minimum absolute atomic E-state index is 0.107. The van der Waals surface area contributed by atoms with Crippen LogP contribution in [0.1, 0.15) is 26.7 Å². The third kappa shape index (κ3) is 2.78. The highest BCUT2D eigenvalue weighted by atomic mass is 16.2. The number of piperazine rings is 1. The normalized spacial score (nSPS) is 21.1. The van der Waals surface area contributed by atoms with Crippen LogP contribution in [0.2, 0.25) is 0 Å². The van der Waals surface area contributed by atoms with Crippen LogP contribution in [-0.4, -0.2) is 41.6 Å². The molecule has 5 heteroatoms. The molecule has 0 radical (unpaired) electrons. The summed E-state index contributed by atoms with van der Waals surface area (Å²) in [6.45, 7) is 4.20. The number of amides is 2. The molecule has 1 fully saturated rings. The van der Waals surface area contributed by atoms with E-state index in [0.717, 1.165) is 0 Å². The summed E-state index contributed by atoms with van der Waals surface area (Å²) in [4.78, 5) is 35.4. The lowest BCUT2D eigenvalue weighted by Crippen LogP contribution is -2.57. The zero-order chi connectivity index (χ0) is 11.4. The molecule has 1 unspecified atom stereocenters. The Bertz CT molecular complexity index is 288. The third-order valence-electron chi connectivity index (χ3n) is 2.44. The lowest BCUT2D eigenvalue weighted by Gasteiger charge is -2.34. The Labute approximate surface area is 88.8 Å². The molecule has 0 saturated carbocycles. The first-order valence-corrected chi connectivity index (χ1v) is 5.13. The molecular weight excluding hydrogens is 196 g/mol. The van der Waals surface area contributed by atoms with Gasteiger partial charge in [0.1, 0.15) is 11.8 Å². The molecule has 0 aromatic rings. The maximum atomic E-state index is 11.6. The highest BCUT2D eigenvalue weighted by molar-refractivity contribution is 5.99. The maximum absolute atomic E-state index is 11.6. The largest absolute Gasteiger partial charge is 0.353 e. The van der Waals surface area contributed by atoms with Crippen LogP contribution in [0.3, 0.4) is 0 Å². The van der Waals surface area contributed by atoms with Crippen molar-refractivity contribution in [2.24, 2.45) is 0 Å². The van der Waals surface area contributed by atoms with Crippen LogP contribution >= 0.6 is 0 Å². The zero-order valence-electron chi connectivity index (χ0n) is 9.08. The predicted molar refractivity (Wildman–Crippen MR) is 54.1 cm³/mol. The summed E-state index contributed by atoms with van der Waals surface area (Å²) in [6, 6.07) is -0.411. The van der Waals surface area contributed by atoms with E-state index in [1.807, 2.05) is 6.92 Å². The monoisotopic (exact) mass is 212 g/mol. The Morgan fingerprint density at radius 1 is 1.53 bits per heavy atom. The van der Waals surface area contributed by atoms with Gasteiger partial charge < -0.3 is 10.2 Å². The number of nitrogens with zero attached hydrogens (tertiary/aromatic N) is 1. The van der Waals surface area contributed by atoms with Gasteiger partial charge in [-0.3, -0.25) is 14.4 Å². The predicted octanol–water partition coefficient (Wildman–Crippen LogP) is -0.298. The number of nitrogens with one attached hydrogen (secondary N) is 1. The summed E-state index contributed by atoms with van der Waals surface area (Å²) in [5.74, 6) is -0.536. The molecule has 1 aliphatic rings. The Kier molecular flexibility index (Phi) is 3.82. The average molecular weight is 212 g/mol. The molecule has 1 aliphatic heterocycles. The first kappa shape index (κ1) is 11.7. The molecule has 1 rings (SSSR count). The van der Waals surface area contributed by atoms with Gasteiger partial charge in [0.25, 0.3) is 0 Å². The summed E-state index contributed by atoms with van der Waals surface area (Å²) in [6.07, 6.45) is 0.471. The fraction of sp³-hybridized carbons (Fsp3) is 0.700. The number of carbonyl (C=O) groups excluding carboxylic acids is 3. The van der Waals surface area contributed by atoms with Crippen molar-refractivity contribution >= 4 is 17.6 Å². The van der Waals surface area contributed by atoms with Gasteiger partial charge >= 0.3 is 0 Å². The Morgan fingerprint density at radius 2 is 2.20 bits per heavy atom. The molecule has 2 amide bonds. The number of hydrogen-bond acceptors (Lipinski definition) is 3. The van der Waals surface area contributed by atoms with Crippen molar-refractivity contribution < 1.29 is 14.4 Å². The molecular formula is C10H16N2O3. The summed E-state index contributed by atoms with van der Waals surface area (Å²) in [5.41, 5.74) is 0. The lowest BCUT2D eigenvalue weighted by atomic mass is 10.1. The van der Waals surface area contributed by atoms with Gasteiger partial charge in [0.05, 0.1) is 6.42 Å². The number of ketones is 1. The summed E-state index contributed by atoms with van der Waals surface area (Å²) in [7, 11) is 0. The fourth-order valence-corrected chi connectivity index (χ4v) is 1.73. The van der Waals surface area contributed by atoms with Gasteiger partial charge in [-0.2, -0.15) is 0 Å². The number of carbonyl (C=O) groups is 3. The molecule has 84 valence electrons. The second-order valence-electron chi connectivity index (χ2n) is 3.68. The summed E-state index contributed by atoms with van der Waals surface area (Å²) in [5, 5.41) is 2.70. The molecule has 1 N–H and O–H groups in total. The molecule has 0 bridgehead atoms. The van der Waals surface area contributed by atoms with Crippen molar-refractivity contribution in [3.8, 4) is 0 Å². The number of hydrogen-bond donors (Lipinski definition) is 1. The lowest BCUT2D eigenvalue weighted by molar-refractivity contribution is -0.145. The number of rotatable bonds is 3. The van der Waals surface area contributed by atoms with E-state index in [0.29, 0.717) is 19.5 Å². The second-order valence-corrected chi connectivity index (χ2v) is 3.68.